The molecule has 2 heterocycles. The van der Waals surface area contributed by atoms with Crippen LogP contribution in [-0.4, -0.2) is 42.5 Å². The van der Waals surface area contributed by atoms with Crippen molar-refractivity contribution in [2.75, 3.05) is 19.8 Å². The zero-order valence-corrected chi connectivity index (χ0v) is 12.1. The highest BCUT2D eigenvalue weighted by Gasteiger charge is 2.31. The molecule has 0 saturated carbocycles. The SMILES string of the molecule is O=C1NC(=O)C(Cc2ccc(OCC3OCCO3)cc2)S1. The zero-order chi connectivity index (χ0) is 14.7. The number of ether oxygens (including phenoxy) is 3. The van der Waals surface area contributed by atoms with Crippen LogP contribution in [0.4, 0.5) is 4.79 Å². The molecule has 0 bridgehead atoms. The molecule has 1 aromatic rings. The van der Waals surface area contributed by atoms with E-state index in [0.29, 0.717) is 26.2 Å². The fourth-order valence-electron chi connectivity index (χ4n) is 2.13. The summed E-state index contributed by atoms with van der Waals surface area (Å²) in [5.74, 6) is 0.498. The summed E-state index contributed by atoms with van der Waals surface area (Å²) in [5.41, 5.74) is 0.984. The molecule has 3 rings (SSSR count). The third-order valence-electron chi connectivity index (χ3n) is 3.19. The summed E-state index contributed by atoms with van der Waals surface area (Å²) < 4.78 is 16.1. The second-order valence-corrected chi connectivity index (χ2v) is 5.89. The number of amides is 2. The van der Waals surface area contributed by atoms with E-state index in [1.807, 2.05) is 24.3 Å². The van der Waals surface area contributed by atoms with Crippen LogP contribution in [0.3, 0.4) is 0 Å². The molecule has 6 nitrogen and oxygen atoms in total. The molecular weight excluding hydrogens is 294 g/mol. The fraction of sp³-hybridized carbons (Fsp3) is 0.429. The first kappa shape index (κ1) is 14.4. The van der Waals surface area contributed by atoms with Gasteiger partial charge < -0.3 is 14.2 Å². The summed E-state index contributed by atoms with van der Waals surface area (Å²) in [5, 5.41) is 1.66. The number of nitrogens with one attached hydrogen (secondary N) is 1. The number of imide groups is 1. The number of hydrogen-bond donors (Lipinski definition) is 1. The Morgan fingerprint density at radius 3 is 2.52 bits per heavy atom. The molecule has 0 spiro atoms. The Hall–Kier alpha value is -1.57. The predicted molar refractivity (Wildman–Crippen MR) is 76.3 cm³/mol. The summed E-state index contributed by atoms with van der Waals surface area (Å²) in [6, 6.07) is 7.46. The van der Waals surface area contributed by atoms with Gasteiger partial charge in [0.15, 0.2) is 6.29 Å². The van der Waals surface area contributed by atoms with Crippen LogP contribution in [0.1, 0.15) is 5.56 Å². The monoisotopic (exact) mass is 309 g/mol. The van der Waals surface area contributed by atoms with Crippen LogP contribution < -0.4 is 10.1 Å². The van der Waals surface area contributed by atoms with Gasteiger partial charge in [-0.3, -0.25) is 14.9 Å². The largest absolute Gasteiger partial charge is 0.488 e. The molecule has 2 aliphatic rings. The molecule has 0 aromatic heterocycles. The van der Waals surface area contributed by atoms with Crippen molar-refractivity contribution < 1.29 is 23.8 Å². The summed E-state index contributed by atoms with van der Waals surface area (Å²) in [7, 11) is 0. The van der Waals surface area contributed by atoms with Gasteiger partial charge in [0.2, 0.25) is 5.91 Å². The van der Waals surface area contributed by atoms with Gasteiger partial charge in [0.25, 0.3) is 5.24 Å². The molecule has 112 valence electrons. The Kier molecular flexibility index (Phi) is 4.42. The van der Waals surface area contributed by atoms with Crippen LogP contribution in [0.5, 0.6) is 5.75 Å². The lowest BCUT2D eigenvalue weighted by atomic mass is 10.1. The van der Waals surface area contributed by atoms with Gasteiger partial charge in [-0.1, -0.05) is 23.9 Å². The van der Waals surface area contributed by atoms with E-state index in [9.17, 15) is 9.59 Å². The summed E-state index contributed by atoms with van der Waals surface area (Å²) in [6.07, 6.45) is 0.228. The first-order valence-electron chi connectivity index (χ1n) is 6.67. The zero-order valence-electron chi connectivity index (χ0n) is 11.2. The minimum Gasteiger partial charge on any atom is -0.488 e. The molecule has 0 aliphatic carbocycles. The summed E-state index contributed by atoms with van der Waals surface area (Å²) in [6.45, 7) is 1.56. The maximum Gasteiger partial charge on any atom is 0.286 e. The Bertz CT molecular complexity index is 527. The molecule has 1 atom stereocenters. The van der Waals surface area contributed by atoms with Gasteiger partial charge in [-0.15, -0.1) is 0 Å². The third-order valence-corrected chi connectivity index (χ3v) is 4.17. The van der Waals surface area contributed by atoms with E-state index in [4.69, 9.17) is 14.2 Å². The first-order chi connectivity index (χ1) is 10.2. The standard InChI is InChI=1S/C14H15NO5S/c16-13-11(21-14(17)15-13)7-9-1-3-10(4-2-9)20-8-12-18-5-6-19-12/h1-4,11-12H,5-8H2,(H,15,16,17). The van der Waals surface area contributed by atoms with Crippen molar-refractivity contribution in [1.82, 2.24) is 5.32 Å². The van der Waals surface area contributed by atoms with Crippen molar-refractivity contribution in [3.05, 3.63) is 29.8 Å². The number of rotatable bonds is 5. The lowest BCUT2D eigenvalue weighted by molar-refractivity contribution is -0.118. The molecule has 21 heavy (non-hydrogen) atoms. The number of carbonyl (C=O) groups excluding carboxylic acids is 2. The number of benzene rings is 1. The molecule has 0 radical (unpaired) electrons. The van der Waals surface area contributed by atoms with Crippen LogP contribution in [-0.2, 0) is 20.7 Å². The van der Waals surface area contributed by atoms with E-state index in [0.717, 1.165) is 23.1 Å². The normalized spacial score (nSPS) is 22.6. The van der Waals surface area contributed by atoms with Crippen LogP contribution in [0.15, 0.2) is 24.3 Å². The van der Waals surface area contributed by atoms with Gasteiger partial charge in [0, 0.05) is 0 Å². The molecular formula is C14H15NO5S. The van der Waals surface area contributed by atoms with E-state index in [-0.39, 0.29) is 22.7 Å². The highest BCUT2D eigenvalue weighted by molar-refractivity contribution is 8.15. The van der Waals surface area contributed by atoms with Gasteiger partial charge in [-0.25, -0.2) is 0 Å². The highest BCUT2D eigenvalue weighted by Crippen LogP contribution is 2.24. The van der Waals surface area contributed by atoms with E-state index >= 15 is 0 Å². The van der Waals surface area contributed by atoms with Gasteiger partial charge in [-0.2, -0.15) is 0 Å². The average Bonchev–Trinajstić information content (AvgIpc) is 3.08. The second kappa shape index (κ2) is 6.46. The van der Waals surface area contributed by atoms with Gasteiger partial charge in [-0.05, 0) is 24.1 Å². The summed E-state index contributed by atoms with van der Waals surface area (Å²) >= 11 is 1.04. The molecule has 1 N–H and O–H groups in total. The average molecular weight is 309 g/mol. The molecule has 7 heteroatoms. The lowest BCUT2D eigenvalue weighted by Crippen LogP contribution is -2.25. The van der Waals surface area contributed by atoms with Crippen LogP contribution in [0.2, 0.25) is 0 Å². The number of thioether (sulfide) groups is 1. The molecule has 2 amide bonds. The van der Waals surface area contributed by atoms with Gasteiger partial charge in [0.1, 0.15) is 12.4 Å². The Morgan fingerprint density at radius 1 is 1.19 bits per heavy atom. The van der Waals surface area contributed by atoms with Gasteiger partial charge >= 0.3 is 0 Å². The molecule has 2 fully saturated rings. The maximum atomic E-state index is 11.5. The first-order valence-corrected chi connectivity index (χ1v) is 7.55. The quantitative estimate of drug-likeness (QED) is 0.884. The predicted octanol–water partition coefficient (Wildman–Crippen LogP) is 1.33. The van der Waals surface area contributed by atoms with Crippen molar-refractivity contribution in [2.45, 2.75) is 18.0 Å². The molecule has 2 aliphatic heterocycles. The maximum absolute atomic E-state index is 11.5. The fourth-order valence-corrected chi connectivity index (χ4v) is 2.99. The van der Waals surface area contributed by atoms with Crippen molar-refractivity contribution in [3.63, 3.8) is 0 Å². The van der Waals surface area contributed by atoms with Gasteiger partial charge in [0.05, 0.1) is 18.5 Å². The van der Waals surface area contributed by atoms with E-state index in [1.54, 1.807) is 0 Å². The Balaban J connectivity index is 1.51. The Labute approximate surface area is 126 Å². The molecule has 1 aromatic carbocycles. The minimum absolute atomic E-state index is 0.221. The van der Waals surface area contributed by atoms with Crippen LogP contribution >= 0.6 is 11.8 Å². The number of hydrogen-bond acceptors (Lipinski definition) is 6. The van der Waals surface area contributed by atoms with Crippen molar-refractivity contribution in [2.24, 2.45) is 0 Å². The van der Waals surface area contributed by atoms with Crippen molar-refractivity contribution in [3.8, 4) is 5.75 Å². The molecule has 1 unspecified atom stereocenters. The van der Waals surface area contributed by atoms with Crippen LogP contribution in [0.25, 0.3) is 0 Å². The van der Waals surface area contributed by atoms with Crippen LogP contribution in [0, 0.1) is 0 Å². The minimum atomic E-state index is -0.343. The topological polar surface area (TPSA) is 73.9 Å². The van der Waals surface area contributed by atoms with E-state index < -0.39 is 0 Å². The van der Waals surface area contributed by atoms with E-state index in [2.05, 4.69) is 5.32 Å². The number of carbonyl (C=O) groups is 2. The smallest absolute Gasteiger partial charge is 0.286 e. The van der Waals surface area contributed by atoms with Crippen molar-refractivity contribution in [1.29, 1.82) is 0 Å². The van der Waals surface area contributed by atoms with E-state index in [1.165, 1.54) is 0 Å². The highest BCUT2D eigenvalue weighted by atomic mass is 32.2. The third kappa shape index (κ3) is 3.75. The second-order valence-electron chi connectivity index (χ2n) is 4.71. The molecule has 2 saturated heterocycles. The lowest BCUT2D eigenvalue weighted by Gasteiger charge is -2.11. The summed E-state index contributed by atoms with van der Waals surface area (Å²) in [4.78, 5) is 22.6. The Morgan fingerprint density at radius 2 is 1.90 bits per heavy atom. The van der Waals surface area contributed by atoms with Crippen molar-refractivity contribution >= 4 is 22.9 Å².